The van der Waals surface area contributed by atoms with Crippen LogP contribution in [0.1, 0.15) is 31.7 Å². The number of nitrogens with zero attached hydrogens (tertiary/aromatic N) is 1. The Morgan fingerprint density at radius 2 is 2.10 bits per heavy atom. The average Bonchev–Trinajstić information content (AvgIpc) is 2.69. The van der Waals surface area contributed by atoms with Gasteiger partial charge in [-0.05, 0) is 50.8 Å². The molecule has 1 N–H and O–H groups in total. The van der Waals surface area contributed by atoms with Gasteiger partial charge in [0.25, 0.3) is 0 Å². The van der Waals surface area contributed by atoms with Crippen molar-refractivity contribution in [1.82, 2.24) is 5.32 Å². The van der Waals surface area contributed by atoms with E-state index >= 15 is 0 Å². The molecule has 0 fully saturated rings. The summed E-state index contributed by atoms with van der Waals surface area (Å²) in [5.41, 5.74) is 2.96. The Morgan fingerprint density at radius 1 is 1.20 bits per heavy atom. The van der Waals surface area contributed by atoms with Crippen molar-refractivity contribution in [3.8, 4) is 0 Å². The van der Waals surface area contributed by atoms with E-state index in [9.17, 15) is 0 Å². The van der Waals surface area contributed by atoms with E-state index in [1.165, 1.54) is 37.1 Å². The fourth-order valence-electron chi connectivity index (χ4n) is 2.78. The first-order valence-corrected chi connectivity index (χ1v) is 8.03. The van der Waals surface area contributed by atoms with E-state index in [0.29, 0.717) is 0 Å². The van der Waals surface area contributed by atoms with Gasteiger partial charge in [-0.2, -0.15) is 0 Å². The number of ether oxygens (including phenoxy) is 1. The lowest BCUT2D eigenvalue weighted by atomic mass is 10.1. The topological polar surface area (TPSA) is 24.5 Å². The molecule has 1 aliphatic heterocycles. The van der Waals surface area contributed by atoms with Gasteiger partial charge < -0.3 is 15.0 Å². The van der Waals surface area contributed by atoms with E-state index in [1.807, 2.05) is 6.92 Å². The van der Waals surface area contributed by atoms with E-state index in [2.05, 4.69) is 34.5 Å². The molecule has 1 heterocycles. The van der Waals surface area contributed by atoms with Crippen LogP contribution in [0.5, 0.6) is 0 Å². The minimum Gasteiger partial charge on any atom is -0.382 e. The third kappa shape index (κ3) is 4.80. The zero-order valence-corrected chi connectivity index (χ0v) is 12.7. The molecule has 2 rings (SSSR count). The molecule has 0 amide bonds. The van der Waals surface area contributed by atoms with Crippen molar-refractivity contribution in [3.63, 3.8) is 0 Å². The summed E-state index contributed by atoms with van der Waals surface area (Å²) in [4.78, 5) is 2.54. The summed E-state index contributed by atoms with van der Waals surface area (Å²) >= 11 is 0. The van der Waals surface area contributed by atoms with Gasteiger partial charge in [0.15, 0.2) is 0 Å². The van der Waals surface area contributed by atoms with Crippen LogP contribution in [0.3, 0.4) is 0 Å². The van der Waals surface area contributed by atoms with Gasteiger partial charge in [0.2, 0.25) is 0 Å². The molecule has 0 saturated carbocycles. The van der Waals surface area contributed by atoms with Crippen LogP contribution in [-0.4, -0.2) is 39.4 Å². The molecule has 0 spiro atoms. The second-order valence-electron chi connectivity index (χ2n) is 5.37. The molecular formula is C17H28N2O. The smallest absolute Gasteiger partial charge is 0.0477 e. The van der Waals surface area contributed by atoms with Crippen molar-refractivity contribution >= 4 is 5.69 Å². The average molecular weight is 276 g/mol. The molecule has 3 nitrogen and oxygen atoms in total. The first kappa shape index (κ1) is 15.3. The van der Waals surface area contributed by atoms with Gasteiger partial charge in [-0.25, -0.2) is 0 Å². The van der Waals surface area contributed by atoms with Crippen LogP contribution in [0.2, 0.25) is 0 Å². The van der Waals surface area contributed by atoms with Crippen LogP contribution in [0.25, 0.3) is 0 Å². The van der Waals surface area contributed by atoms with E-state index in [1.54, 1.807) is 0 Å². The molecule has 0 atom stereocenters. The molecule has 112 valence electrons. The number of benzene rings is 1. The number of nitrogens with one attached hydrogen (secondary N) is 1. The van der Waals surface area contributed by atoms with Crippen LogP contribution < -0.4 is 10.2 Å². The maximum absolute atomic E-state index is 5.34. The second-order valence-corrected chi connectivity index (χ2v) is 5.37. The van der Waals surface area contributed by atoms with Gasteiger partial charge in [0.1, 0.15) is 0 Å². The normalized spacial score (nSPS) is 14.9. The third-order valence-corrected chi connectivity index (χ3v) is 3.86. The first-order valence-electron chi connectivity index (χ1n) is 8.03. The van der Waals surface area contributed by atoms with Gasteiger partial charge in [-0.1, -0.05) is 18.2 Å². The fraction of sp³-hybridized carbons (Fsp3) is 0.647. The molecule has 1 aromatic rings. The lowest BCUT2D eigenvalue weighted by Gasteiger charge is -2.25. The Hall–Kier alpha value is -1.06. The van der Waals surface area contributed by atoms with Crippen molar-refractivity contribution in [2.45, 2.75) is 32.6 Å². The predicted molar refractivity (Wildman–Crippen MR) is 85.6 cm³/mol. The summed E-state index contributed by atoms with van der Waals surface area (Å²) in [6.07, 6.45) is 4.95. The van der Waals surface area contributed by atoms with Crippen molar-refractivity contribution in [2.24, 2.45) is 0 Å². The van der Waals surface area contributed by atoms with Crippen LogP contribution in [0, 0.1) is 0 Å². The highest BCUT2D eigenvalue weighted by Gasteiger charge is 2.13. The molecule has 20 heavy (non-hydrogen) atoms. The van der Waals surface area contributed by atoms with Crippen molar-refractivity contribution in [3.05, 3.63) is 29.8 Å². The Labute approximate surface area is 123 Å². The zero-order chi connectivity index (χ0) is 14.0. The Bertz CT molecular complexity index is 381. The predicted octanol–water partition coefficient (Wildman–Crippen LogP) is 2.85. The van der Waals surface area contributed by atoms with Gasteiger partial charge in [0, 0.05) is 38.5 Å². The number of hydrogen-bond acceptors (Lipinski definition) is 3. The zero-order valence-electron chi connectivity index (χ0n) is 12.7. The SMILES string of the molecule is CCOCCCNCCN1CCCCc2ccccc21. The molecule has 3 heteroatoms. The van der Waals surface area contributed by atoms with Crippen molar-refractivity contribution in [2.75, 3.05) is 44.3 Å². The summed E-state index contributed by atoms with van der Waals surface area (Å²) in [6.45, 7) is 8.14. The maximum atomic E-state index is 5.34. The maximum Gasteiger partial charge on any atom is 0.0477 e. The molecule has 0 unspecified atom stereocenters. The Kier molecular flexibility index (Phi) is 6.89. The Balaban J connectivity index is 1.72. The molecular weight excluding hydrogens is 248 g/mol. The summed E-state index contributed by atoms with van der Waals surface area (Å²) in [6, 6.07) is 8.87. The lowest BCUT2D eigenvalue weighted by molar-refractivity contribution is 0.145. The number of aryl methyl sites for hydroxylation is 1. The lowest BCUT2D eigenvalue weighted by Crippen LogP contribution is -2.33. The molecule has 0 aromatic heterocycles. The van der Waals surface area contributed by atoms with Crippen LogP contribution in [0.15, 0.2) is 24.3 Å². The highest BCUT2D eigenvalue weighted by atomic mass is 16.5. The van der Waals surface area contributed by atoms with Crippen molar-refractivity contribution in [1.29, 1.82) is 0 Å². The quantitative estimate of drug-likeness (QED) is 0.739. The largest absolute Gasteiger partial charge is 0.382 e. The fourth-order valence-corrected chi connectivity index (χ4v) is 2.78. The van der Waals surface area contributed by atoms with Gasteiger partial charge in [-0.3, -0.25) is 0 Å². The van der Waals surface area contributed by atoms with Crippen LogP contribution >= 0.6 is 0 Å². The monoisotopic (exact) mass is 276 g/mol. The molecule has 0 bridgehead atoms. The molecule has 0 radical (unpaired) electrons. The van der Waals surface area contributed by atoms with Gasteiger partial charge >= 0.3 is 0 Å². The van der Waals surface area contributed by atoms with E-state index in [4.69, 9.17) is 4.74 Å². The first-order chi connectivity index (χ1) is 9.92. The Morgan fingerprint density at radius 3 is 3.00 bits per heavy atom. The number of para-hydroxylation sites is 1. The number of anilines is 1. The van der Waals surface area contributed by atoms with Crippen LogP contribution in [-0.2, 0) is 11.2 Å². The highest BCUT2D eigenvalue weighted by Crippen LogP contribution is 2.25. The molecule has 0 aliphatic carbocycles. The summed E-state index contributed by atoms with van der Waals surface area (Å²) in [5.74, 6) is 0. The minimum absolute atomic E-state index is 0.824. The minimum atomic E-state index is 0.824. The summed E-state index contributed by atoms with van der Waals surface area (Å²) in [5, 5.41) is 3.52. The summed E-state index contributed by atoms with van der Waals surface area (Å²) in [7, 11) is 0. The van der Waals surface area contributed by atoms with E-state index in [0.717, 1.165) is 39.3 Å². The second kappa shape index (κ2) is 8.98. The van der Waals surface area contributed by atoms with Crippen molar-refractivity contribution < 1.29 is 4.74 Å². The molecule has 0 saturated heterocycles. The number of hydrogen-bond donors (Lipinski definition) is 1. The number of rotatable bonds is 8. The molecule has 1 aromatic carbocycles. The van der Waals surface area contributed by atoms with Gasteiger partial charge in [-0.15, -0.1) is 0 Å². The number of fused-ring (bicyclic) bond motifs is 1. The van der Waals surface area contributed by atoms with Gasteiger partial charge in [0.05, 0.1) is 0 Å². The highest BCUT2D eigenvalue weighted by molar-refractivity contribution is 5.54. The van der Waals surface area contributed by atoms with Crippen LogP contribution in [0.4, 0.5) is 5.69 Å². The van der Waals surface area contributed by atoms with E-state index in [-0.39, 0.29) is 0 Å². The summed E-state index contributed by atoms with van der Waals surface area (Å²) < 4.78 is 5.34. The third-order valence-electron chi connectivity index (χ3n) is 3.86. The molecule has 1 aliphatic rings. The standard InChI is InChI=1S/C17H28N2O/c1-2-20-15-7-11-18-12-14-19-13-6-5-9-16-8-3-4-10-17(16)19/h3-4,8,10,18H,2,5-7,9,11-15H2,1H3. The van der Waals surface area contributed by atoms with E-state index < -0.39 is 0 Å².